The molecule has 0 saturated carbocycles. The summed E-state index contributed by atoms with van der Waals surface area (Å²) in [5, 5.41) is 0. The molecule has 0 aliphatic heterocycles. The van der Waals surface area contributed by atoms with E-state index < -0.39 is 26.5 Å². The number of phosphoric acid groups is 1. The van der Waals surface area contributed by atoms with Crippen LogP contribution in [0.25, 0.3) is 0 Å². The van der Waals surface area contributed by atoms with Gasteiger partial charge in [-0.15, -0.1) is 0 Å². The lowest BCUT2D eigenvalue weighted by atomic mass is 10.0. The van der Waals surface area contributed by atoms with Crippen molar-refractivity contribution in [3.05, 3.63) is 12.2 Å². The van der Waals surface area contributed by atoms with Crippen LogP contribution in [0.5, 0.6) is 0 Å². The summed E-state index contributed by atoms with van der Waals surface area (Å²) < 4.78 is 32.7. The van der Waals surface area contributed by atoms with Crippen molar-refractivity contribution in [2.24, 2.45) is 5.73 Å². The largest absolute Gasteiger partial charge is 0.472 e. The fourth-order valence-electron chi connectivity index (χ4n) is 5.97. The van der Waals surface area contributed by atoms with Crippen LogP contribution in [0.4, 0.5) is 0 Å². The maximum atomic E-state index is 12.5. The summed E-state index contributed by atoms with van der Waals surface area (Å²) in [5.74, 6) is -0.831. The zero-order valence-corrected chi connectivity index (χ0v) is 34.0. The molecule has 2 atom stereocenters. The first-order chi connectivity index (χ1) is 24.8. The lowest BCUT2D eigenvalue weighted by molar-refractivity contribution is -0.161. The summed E-state index contributed by atoms with van der Waals surface area (Å²) >= 11 is 0. The highest BCUT2D eigenvalue weighted by Crippen LogP contribution is 2.43. The highest BCUT2D eigenvalue weighted by molar-refractivity contribution is 7.47. The van der Waals surface area contributed by atoms with Gasteiger partial charge in [-0.25, -0.2) is 4.57 Å². The van der Waals surface area contributed by atoms with E-state index >= 15 is 0 Å². The molecule has 302 valence electrons. The molecule has 0 saturated heterocycles. The second-order valence-electron chi connectivity index (χ2n) is 14.2. The van der Waals surface area contributed by atoms with Gasteiger partial charge >= 0.3 is 19.8 Å². The monoisotopic (exact) mass is 746 g/mol. The van der Waals surface area contributed by atoms with E-state index in [1.807, 2.05) is 0 Å². The number of allylic oxidation sites excluding steroid dienone is 2. The van der Waals surface area contributed by atoms with Gasteiger partial charge in [-0.2, -0.15) is 0 Å². The Balaban J connectivity index is 4.07. The summed E-state index contributed by atoms with van der Waals surface area (Å²) in [6, 6.07) is 0. The first-order valence-electron chi connectivity index (χ1n) is 21.2. The number of carbonyl (C=O) groups excluding carboxylic acids is 2. The van der Waals surface area contributed by atoms with Crippen molar-refractivity contribution < 1.29 is 37.6 Å². The summed E-state index contributed by atoms with van der Waals surface area (Å²) in [5.41, 5.74) is 5.34. The number of rotatable bonds is 40. The number of hydrogen-bond acceptors (Lipinski definition) is 8. The van der Waals surface area contributed by atoms with Crippen LogP contribution in [-0.4, -0.2) is 49.3 Å². The number of ether oxygens (including phenoxy) is 2. The van der Waals surface area contributed by atoms with Gasteiger partial charge in [0.15, 0.2) is 6.10 Å². The van der Waals surface area contributed by atoms with E-state index in [4.69, 9.17) is 24.3 Å². The third-order valence-electron chi connectivity index (χ3n) is 9.15. The first kappa shape index (κ1) is 49.8. The first-order valence-corrected chi connectivity index (χ1v) is 22.7. The predicted molar refractivity (Wildman–Crippen MR) is 211 cm³/mol. The minimum Gasteiger partial charge on any atom is -0.462 e. The minimum absolute atomic E-state index is 0.0546. The molecular formula is C41H80NO8P. The van der Waals surface area contributed by atoms with E-state index in [0.717, 1.165) is 57.8 Å². The molecule has 0 rings (SSSR count). The second kappa shape index (κ2) is 38.5. The molecule has 0 radical (unpaired) electrons. The Bertz CT molecular complexity index is 856. The van der Waals surface area contributed by atoms with Gasteiger partial charge in [-0.05, 0) is 32.1 Å². The molecule has 0 amide bonds. The number of esters is 2. The Hall–Kier alpha value is -1.25. The highest BCUT2D eigenvalue weighted by Gasteiger charge is 2.26. The van der Waals surface area contributed by atoms with Crippen LogP contribution in [0.15, 0.2) is 12.2 Å². The maximum absolute atomic E-state index is 12.5. The topological polar surface area (TPSA) is 134 Å². The number of unbranched alkanes of at least 4 members (excludes halogenated alkanes) is 25. The van der Waals surface area contributed by atoms with Crippen molar-refractivity contribution in [1.82, 2.24) is 0 Å². The number of carbonyl (C=O) groups is 2. The van der Waals surface area contributed by atoms with Crippen LogP contribution >= 0.6 is 7.82 Å². The van der Waals surface area contributed by atoms with Gasteiger partial charge in [0, 0.05) is 19.4 Å². The Kier molecular flexibility index (Phi) is 37.5. The Morgan fingerprint density at radius 2 is 0.980 bits per heavy atom. The molecule has 0 aromatic rings. The molecule has 51 heavy (non-hydrogen) atoms. The smallest absolute Gasteiger partial charge is 0.462 e. The fourth-order valence-corrected chi connectivity index (χ4v) is 6.73. The molecule has 0 bridgehead atoms. The third kappa shape index (κ3) is 38.3. The normalized spacial score (nSPS) is 13.4. The van der Waals surface area contributed by atoms with Crippen LogP contribution in [0.2, 0.25) is 0 Å². The van der Waals surface area contributed by atoms with Crippen molar-refractivity contribution in [3.63, 3.8) is 0 Å². The molecule has 3 N–H and O–H groups in total. The summed E-state index contributed by atoms with van der Waals surface area (Å²) in [7, 11) is -4.37. The predicted octanol–water partition coefficient (Wildman–Crippen LogP) is 11.8. The van der Waals surface area contributed by atoms with E-state index in [1.54, 1.807) is 0 Å². The van der Waals surface area contributed by atoms with Crippen LogP contribution in [0.3, 0.4) is 0 Å². The van der Waals surface area contributed by atoms with E-state index in [0.29, 0.717) is 6.42 Å². The zero-order chi connectivity index (χ0) is 37.5. The Morgan fingerprint density at radius 1 is 0.569 bits per heavy atom. The Morgan fingerprint density at radius 3 is 1.45 bits per heavy atom. The molecule has 0 heterocycles. The van der Waals surface area contributed by atoms with Crippen LogP contribution < -0.4 is 5.73 Å². The number of nitrogens with two attached hydrogens (primary N) is 1. The van der Waals surface area contributed by atoms with E-state index in [1.165, 1.54) is 116 Å². The van der Waals surface area contributed by atoms with Crippen molar-refractivity contribution in [2.45, 2.75) is 213 Å². The van der Waals surface area contributed by atoms with Crippen molar-refractivity contribution in [3.8, 4) is 0 Å². The van der Waals surface area contributed by atoms with Gasteiger partial charge in [-0.1, -0.05) is 174 Å². The van der Waals surface area contributed by atoms with Crippen molar-refractivity contribution in [1.29, 1.82) is 0 Å². The molecular weight excluding hydrogens is 665 g/mol. The average Bonchev–Trinajstić information content (AvgIpc) is 3.11. The summed E-state index contributed by atoms with van der Waals surface area (Å²) in [6.07, 6.45) is 38.2. The van der Waals surface area contributed by atoms with Crippen LogP contribution in [-0.2, 0) is 32.7 Å². The highest BCUT2D eigenvalue weighted by atomic mass is 31.2. The average molecular weight is 746 g/mol. The SMILES string of the molecule is CCCC/C=C\CCCCCCCC(=O)O[C@H](COC(=O)CCCCCCCCCCCCCCCCCCCCC)COP(=O)(O)OCCN. The van der Waals surface area contributed by atoms with Crippen molar-refractivity contribution >= 4 is 19.8 Å². The van der Waals surface area contributed by atoms with Gasteiger partial charge in [0.1, 0.15) is 6.61 Å². The van der Waals surface area contributed by atoms with E-state index in [2.05, 4.69) is 26.0 Å². The van der Waals surface area contributed by atoms with Crippen LogP contribution in [0.1, 0.15) is 206 Å². The molecule has 0 aliphatic carbocycles. The zero-order valence-electron chi connectivity index (χ0n) is 33.1. The second-order valence-corrected chi connectivity index (χ2v) is 15.7. The molecule has 0 aliphatic rings. The minimum atomic E-state index is -4.37. The maximum Gasteiger partial charge on any atom is 0.472 e. The third-order valence-corrected chi connectivity index (χ3v) is 10.1. The molecule has 1 unspecified atom stereocenters. The molecule has 0 fully saturated rings. The van der Waals surface area contributed by atoms with Gasteiger partial charge in [0.25, 0.3) is 0 Å². The van der Waals surface area contributed by atoms with Gasteiger partial charge in [0.05, 0.1) is 13.2 Å². The quantitative estimate of drug-likeness (QED) is 0.0272. The number of hydrogen-bond donors (Lipinski definition) is 2. The molecule has 0 aromatic carbocycles. The van der Waals surface area contributed by atoms with Gasteiger partial charge in [-0.3, -0.25) is 18.6 Å². The molecule has 9 nitrogen and oxygen atoms in total. The van der Waals surface area contributed by atoms with Gasteiger partial charge in [0.2, 0.25) is 0 Å². The van der Waals surface area contributed by atoms with Crippen LogP contribution in [0, 0.1) is 0 Å². The molecule has 0 aromatic heterocycles. The van der Waals surface area contributed by atoms with Crippen molar-refractivity contribution in [2.75, 3.05) is 26.4 Å². The fraction of sp³-hybridized carbons (Fsp3) is 0.902. The summed E-state index contributed by atoms with van der Waals surface area (Å²) in [6.45, 7) is 3.70. The van der Waals surface area contributed by atoms with Gasteiger partial charge < -0.3 is 20.1 Å². The standard InChI is InChI=1S/C41H80NO8P/c1-3-5-7-9-11-13-15-16-17-18-19-20-21-22-24-25-27-29-31-33-40(43)47-37-39(38-49-51(45,46)48-36-35-42)50-41(44)34-32-30-28-26-23-14-12-10-8-6-4-2/h10,12,39H,3-9,11,13-38,42H2,1-2H3,(H,45,46)/b12-10-/t39-/m1/s1. The van der Waals surface area contributed by atoms with E-state index in [9.17, 15) is 19.0 Å². The Labute approximate surface area is 313 Å². The number of phosphoric ester groups is 1. The summed E-state index contributed by atoms with van der Waals surface area (Å²) in [4.78, 5) is 34.8. The molecule has 10 heteroatoms. The lowest BCUT2D eigenvalue weighted by Crippen LogP contribution is -2.29. The van der Waals surface area contributed by atoms with E-state index in [-0.39, 0.29) is 38.6 Å². The molecule has 0 spiro atoms. The lowest BCUT2D eigenvalue weighted by Gasteiger charge is -2.19.